The monoisotopic (exact) mass is 443 g/mol. The van der Waals surface area contributed by atoms with E-state index in [4.69, 9.17) is 19.3 Å². The molecule has 0 aromatic heterocycles. The second kappa shape index (κ2) is 9.69. The van der Waals surface area contributed by atoms with Crippen LogP contribution in [-0.2, 0) is 36.1 Å². The molecule has 2 fully saturated rings. The molecular formula is C12H21FeNO13+2. The molecule has 0 saturated carbocycles. The third kappa shape index (κ3) is 4.67. The molecule has 15 heteroatoms. The maximum Gasteiger partial charge on any atom is 2.00 e. The number of nitrogens with zero attached hydrogens (tertiary/aromatic N) is 1. The van der Waals surface area contributed by atoms with Crippen molar-refractivity contribution in [2.24, 2.45) is 0 Å². The molecular weight excluding hydrogens is 422 g/mol. The van der Waals surface area contributed by atoms with Gasteiger partial charge in [-0.1, -0.05) is 0 Å². The van der Waals surface area contributed by atoms with Crippen LogP contribution in [0, 0.1) is 10.1 Å². The Labute approximate surface area is 162 Å². The number of ether oxygens (including phenoxy) is 3. The SMILES string of the molecule is O=[N+]([O-])O[C@H]1[C@H](O)[C@@H](CO)O[C@@]1(CO)O[C@H]1O[C@H](CO)[C@@H](O)[C@H](O)[C@H]1O.[Fe+2]. The first-order valence-corrected chi connectivity index (χ1v) is 7.57. The predicted octanol–water partition coefficient (Wildman–Crippen LogP) is -5.18. The van der Waals surface area contributed by atoms with E-state index in [0.29, 0.717) is 0 Å². The molecule has 2 heterocycles. The fourth-order valence-electron chi connectivity index (χ4n) is 2.85. The average molecular weight is 443 g/mol. The van der Waals surface area contributed by atoms with Crippen molar-refractivity contribution < 1.29 is 76.9 Å². The van der Waals surface area contributed by atoms with Crippen molar-refractivity contribution in [3.63, 3.8) is 0 Å². The van der Waals surface area contributed by atoms with Crippen LogP contribution >= 0.6 is 0 Å². The fourth-order valence-corrected chi connectivity index (χ4v) is 2.85. The molecule has 0 radical (unpaired) electrons. The Morgan fingerprint density at radius 3 is 2.04 bits per heavy atom. The van der Waals surface area contributed by atoms with Crippen LogP contribution in [0.3, 0.4) is 0 Å². The average Bonchev–Trinajstić information content (AvgIpc) is 2.87. The summed E-state index contributed by atoms with van der Waals surface area (Å²) in [6.45, 7) is -2.71. The second-order valence-electron chi connectivity index (χ2n) is 5.86. The topological polar surface area (TPSA) is 222 Å². The molecule has 158 valence electrons. The van der Waals surface area contributed by atoms with Gasteiger partial charge in [0.1, 0.15) is 36.6 Å². The summed E-state index contributed by atoms with van der Waals surface area (Å²) >= 11 is 0. The molecule has 0 aliphatic carbocycles. The van der Waals surface area contributed by atoms with E-state index in [9.17, 15) is 40.8 Å². The predicted molar refractivity (Wildman–Crippen MR) is 74.5 cm³/mol. The van der Waals surface area contributed by atoms with E-state index in [0.717, 1.165) is 0 Å². The van der Waals surface area contributed by atoms with Crippen molar-refractivity contribution in [3.05, 3.63) is 10.1 Å². The summed E-state index contributed by atoms with van der Waals surface area (Å²) in [7, 11) is 0. The summed E-state index contributed by atoms with van der Waals surface area (Å²) in [5.74, 6) is -2.45. The van der Waals surface area contributed by atoms with Gasteiger partial charge in [0.2, 0.25) is 5.79 Å². The van der Waals surface area contributed by atoms with Crippen LogP contribution in [0.2, 0.25) is 0 Å². The van der Waals surface area contributed by atoms with Gasteiger partial charge in [0.05, 0.1) is 19.8 Å². The summed E-state index contributed by atoms with van der Waals surface area (Å²) in [6.07, 6.45) is -13.8. The van der Waals surface area contributed by atoms with Gasteiger partial charge in [-0.15, -0.1) is 10.1 Å². The zero-order chi connectivity index (χ0) is 19.6. The van der Waals surface area contributed by atoms with Gasteiger partial charge in [0.25, 0.3) is 5.09 Å². The third-order valence-corrected chi connectivity index (χ3v) is 4.24. The van der Waals surface area contributed by atoms with Crippen LogP contribution in [0.15, 0.2) is 0 Å². The van der Waals surface area contributed by atoms with Crippen LogP contribution in [0.1, 0.15) is 0 Å². The number of hydrogen-bond donors (Lipinski definition) is 7. The van der Waals surface area contributed by atoms with E-state index >= 15 is 0 Å². The Hall–Kier alpha value is -0.681. The van der Waals surface area contributed by atoms with Gasteiger partial charge in [0.15, 0.2) is 12.4 Å². The summed E-state index contributed by atoms with van der Waals surface area (Å²) in [5, 5.41) is 76.9. The van der Waals surface area contributed by atoms with Gasteiger partial charge < -0.3 is 54.8 Å². The summed E-state index contributed by atoms with van der Waals surface area (Å²) < 4.78 is 15.5. The van der Waals surface area contributed by atoms with Crippen LogP contribution in [0.5, 0.6) is 0 Å². The molecule has 9 atom stereocenters. The molecule has 27 heavy (non-hydrogen) atoms. The number of aliphatic hydroxyl groups excluding tert-OH is 7. The number of aliphatic hydroxyl groups is 7. The van der Waals surface area contributed by atoms with Crippen molar-refractivity contribution in [1.29, 1.82) is 0 Å². The zero-order valence-corrected chi connectivity index (χ0v) is 14.7. The first kappa shape index (κ1) is 24.4. The minimum Gasteiger partial charge on any atom is -0.394 e. The second-order valence-corrected chi connectivity index (χ2v) is 5.86. The summed E-state index contributed by atoms with van der Waals surface area (Å²) in [6, 6.07) is 0. The van der Waals surface area contributed by atoms with Gasteiger partial charge in [-0.25, -0.2) is 0 Å². The molecule has 2 saturated heterocycles. The van der Waals surface area contributed by atoms with E-state index in [2.05, 4.69) is 4.84 Å². The Morgan fingerprint density at radius 2 is 1.56 bits per heavy atom. The molecule has 0 unspecified atom stereocenters. The molecule has 14 nitrogen and oxygen atoms in total. The molecule has 0 amide bonds. The van der Waals surface area contributed by atoms with Gasteiger partial charge in [-0.05, 0) is 0 Å². The van der Waals surface area contributed by atoms with Crippen molar-refractivity contribution >= 4 is 0 Å². The molecule has 2 aliphatic rings. The van der Waals surface area contributed by atoms with E-state index in [1.54, 1.807) is 0 Å². The number of rotatable bonds is 7. The Morgan fingerprint density at radius 1 is 0.963 bits per heavy atom. The largest absolute Gasteiger partial charge is 2.00 e. The van der Waals surface area contributed by atoms with Gasteiger partial charge in [-0.2, -0.15) is 0 Å². The van der Waals surface area contributed by atoms with Crippen LogP contribution < -0.4 is 0 Å². The van der Waals surface area contributed by atoms with Crippen molar-refractivity contribution in [1.82, 2.24) is 0 Å². The summed E-state index contributed by atoms with van der Waals surface area (Å²) in [5.41, 5.74) is 0. The normalized spacial score (nSPS) is 44.6. The van der Waals surface area contributed by atoms with Crippen molar-refractivity contribution in [2.45, 2.75) is 54.8 Å². The van der Waals surface area contributed by atoms with Crippen molar-refractivity contribution in [3.8, 4) is 0 Å². The van der Waals surface area contributed by atoms with Gasteiger partial charge in [-0.3, -0.25) is 0 Å². The van der Waals surface area contributed by atoms with Gasteiger partial charge >= 0.3 is 17.1 Å². The maximum absolute atomic E-state index is 10.7. The van der Waals surface area contributed by atoms with Crippen molar-refractivity contribution in [2.75, 3.05) is 19.8 Å². The smallest absolute Gasteiger partial charge is 0.394 e. The molecule has 0 spiro atoms. The van der Waals surface area contributed by atoms with Crippen LogP contribution in [0.25, 0.3) is 0 Å². The minimum atomic E-state index is -2.45. The van der Waals surface area contributed by atoms with E-state index in [1.807, 2.05) is 0 Å². The Balaban J connectivity index is 0.00000364. The fraction of sp³-hybridized carbons (Fsp3) is 1.00. The first-order chi connectivity index (χ1) is 12.2. The molecule has 0 aromatic rings. The molecule has 0 bridgehead atoms. The Kier molecular flexibility index (Phi) is 8.74. The van der Waals surface area contributed by atoms with Crippen LogP contribution in [-0.4, -0.2) is 115 Å². The van der Waals surface area contributed by atoms with Gasteiger partial charge in [0, 0.05) is 0 Å². The van der Waals surface area contributed by atoms with E-state index < -0.39 is 79.7 Å². The molecule has 7 N–H and O–H groups in total. The molecule has 2 rings (SSSR count). The summed E-state index contributed by atoms with van der Waals surface area (Å²) in [4.78, 5) is 15.0. The first-order valence-electron chi connectivity index (χ1n) is 7.57. The van der Waals surface area contributed by atoms with E-state index in [1.165, 1.54) is 0 Å². The molecule has 0 aromatic carbocycles. The Bertz CT molecular complexity index is 498. The quantitative estimate of drug-likeness (QED) is 0.111. The number of hydrogen-bond acceptors (Lipinski definition) is 13. The minimum absolute atomic E-state index is 0. The van der Waals surface area contributed by atoms with E-state index in [-0.39, 0.29) is 17.1 Å². The van der Waals surface area contributed by atoms with Crippen LogP contribution in [0.4, 0.5) is 0 Å². The standard InChI is InChI=1S/C12H21NO13.Fe/c14-1-4-6(17)8(19)9(20)11(23-4)25-12(3-16)10(26-13(21)22)7(18)5(2-15)24-12;/h4-11,14-20H,1-3H2;/q;+2/t4-,5-,6-,7-,8+,9-,10+,11-,12+;/m1./s1. The maximum atomic E-state index is 10.7. The third-order valence-electron chi connectivity index (χ3n) is 4.24. The molecule has 2 aliphatic heterocycles. The zero-order valence-electron chi connectivity index (χ0n) is 13.6.